The average Bonchev–Trinajstić information content (AvgIpc) is 2.62. The van der Waals surface area contributed by atoms with Crippen LogP contribution in [0, 0.1) is 0 Å². The highest BCUT2D eigenvalue weighted by atomic mass is 35.5. The SMILES string of the molecule is CC(=CC(=O)Nc1c(Cl)cccc1C(=O)O)c1ccc2ccccc2c1. The molecule has 1 amide bonds. The molecule has 3 aromatic carbocycles. The Bertz CT molecular complexity index is 1040. The van der Waals surface area contributed by atoms with Crippen molar-refractivity contribution in [2.75, 3.05) is 5.32 Å². The van der Waals surface area contributed by atoms with Crippen LogP contribution in [0.1, 0.15) is 22.8 Å². The number of carbonyl (C=O) groups is 2. The normalized spacial score (nSPS) is 11.4. The standard InChI is InChI=1S/C21H16ClNO3/c1-13(15-10-9-14-5-2-3-6-16(14)12-15)11-19(24)23-20-17(21(25)26)7-4-8-18(20)22/h2-12H,1H3,(H,23,24)(H,25,26). The number of rotatable bonds is 4. The molecule has 0 unspecified atom stereocenters. The van der Waals surface area contributed by atoms with Gasteiger partial charge in [0, 0.05) is 6.08 Å². The quantitative estimate of drug-likeness (QED) is 0.622. The van der Waals surface area contributed by atoms with Gasteiger partial charge in [-0.3, -0.25) is 4.79 Å². The van der Waals surface area contributed by atoms with Crippen LogP contribution in [-0.4, -0.2) is 17.0 Å². The summed E-state index contributed by atoms with van der Waals surface area (Å²) >= 11 is 6.04. The van der Waals surface area contributed by atoms with E-state index in [4.69, 9.17) is 11.6 Å². The van der Waals surface area contributed by atoms with Crippen molar-refractivity contribution in [3.8, 4) is 0 Å². The van der Waals surface area contributed by atoms with Crippen LogP contribution in [0.25, 0.3) is 16.3 Å². The van der Waals surface area contributed by atoms with Gasteiger partial charge in [-0.15, -0.1) is 0 Å². The van der Waals surface area contributed by atoms with Crippen molar-refractivity contribution in [1.82, 2.24) is 0 Å². The van der Waals surface area contributed by atoms with Gasteiger partial charge in [-0.2, -0.15) is 0 Å². The van der Waals surface area contributed by atoms with Gasteiger partial charge in [0.15, 0.2) is 0 Å². The number of allylic oxidation sites excluding steroid dienone is 1. The van der Waals surface area contributed by atoms with Crippen LogP contribution in [0.4, 0.5) is 5.69 Å². The Balaban J connectivity index is 1.87. The zero-order chi connectivity index (χ0) is 18.7. The molecule has 4 nitrogen and oxygen atoms in total. The van der Waals surface area contributed by atoms with Crippen molar-refractivity contribution in [2.24, 2.45) is 0 Å². The van der Waals surface area contributed by atoms with Crippen molar-refractivity contribution in [3.63, 3.8) is 0 Å². The molecule has 5 heteroatoms. The van der Waals surface area contributed by atoms with Crippen molar-refractivity contribution < 1.29 is 14.7 Å². The Labute approximate surface area is 155 Å². The number of carbonyl (C=O) groups excluding carboxylic acids is 1. The van der Waals surface area contributed by atoms with E-state index in [1.807, 2.05) is 49.4 Å². The number of carboxylic acid groups (broad SMARTS) is 1. The fourth-order valence-electron chi connectivity index (χ4n) is 2.70. The van der Waals surface area contributed by atoms with Crippen LogP contribution in [0.2, 0.25) is 5.02 Å². The molecule has 0 aromatic heterocycles. The van der Waals surface area contributed by atoms with Crippen molar-refractivity contribution >= 4 is 45.5 Å². The highest BCUT2D eigenvalue weighted by Gasteiger charge is 2.15. The molecule has 0 saturated heterocycles. The predicted molar refractivity (Wildman–Crippen MR) is 105 cm³/mol. The number of aromatic carboxylic acids is 1. The molecule has 130 valence electrons. The average molecular weight is 366 g/mol. The Morgan fingerprint density at radius 2 is 1.73 bits per heavy atom. The number of fused-ring (bicyclic) bond motifs is 1. The van der Waals surface area contributed by atoms with Gasteiger partial charge in [-0.25, -0.2) is 4.79 Å². The molecule has 26 heavy (non-hydrogen) atoms. The molecule has 0 atom stereocenters. The molecule has 0 spiro atoms. The summed E-state index contributed by atoms with van der Waals surface area (Å²) in [6, 6.07) is 18.4. The third-order valence-electron chi connectivity index (χ3n) is 4.04. The lowest BCUT2D eigenvalue weighted by Crippen LogP contribution is -2.13. The molecule has 0 radical (unpaired) electrons. The second-order valence-electron chi connectivity index (χ2n) is 5.85. The molecule has 3 aromatic rings. The van der Waals surface area contributed by atoms with Crippen molar-refractivity contribution in [2.45, 2.75) is 6.92 Å². The van der Waals surface area contributed by atoms with Crippen molar-refractivity contribution in [3.05, 3.63) is 82.9 Å². The van der Waals surface area contributed by atoms with E-state index < -0.39 is 11.9 Å². The molecule has 2 N–H and O–H groups in total. The van der Waals surface area contributed by atoms with Crippen molar-refractivity contribution in [1.29, 1.82) is 0 Å². The first-order chi connectivity index (χ1) is 12.5. The summed E-state index contributed by atoms with van der Waals surface area (Å²) < 4.78 is 0. The van der Waals surface area contributed by atoms with Gasteiger partial charge in [0.25, 0.3) is 0 Å². The molecule has 0 aliphatic heterocycles. The molecule has 0 saturated carbocycles. The largest absolute Gasteiger partial charge is 0.478 e. The smallest absolute Gasteiger partial charge is 0.337 e. The summed E-state index contributed by atoms with van der Waals surface area (Å²) in [4.78, 5) is 23.6. The molecule has 0 bridgehead atoms. The van der Waals surface area contributed by atoms with E-state index in [-0.39, 0.29) is 16.3 Å². The predicted octanol–water partition coefficient (Wildman–Crippen LogP) is 5.23. The first kappa shape index (κ1) is 17.7. The number of benzene rings is 3. The van der Waals surface area contributed by atoms with E-state index in [1.54, 1.807) is 0 Å². The summed E-state index contributed by atoms with van der Waals surface area (Å²) in [5, 5.41) is 14.2. The van der Waals surface area contributed by atoms with Gasteiger partial charge < -0.3 is 10.4 Å². The number of para-hydroxylation sites is 1. The molecular formula is C21H16ClNO3. The summed E-state index contributed by atoms with van der Waals surface area (Å²) in [5.74, 6) is -1.59. The highest BCUT2D eigenvalue weighted by molar-refractivity contribution is 6.34. The zero-order valence-electron chi connectivity index (χ0n) is 14.0. The lowest BCUT2D eigenvalue weighted by atomic mass is 10.0. The third-order valence-corrected chi connectivity index (χ3v) is 4.36. The van der Waals surface area contributed by atoms with Gasteiger partial charge >= 0.3 is 5.97 Å². The molecule has 0 heterocycles. The number of anilines is 1. The summed E-state index contributed by atoms with van der Waals surface area (Å²) in [5.41, 5.74) is 1.71. The minimum absolute atomic E-state index is 0.0531. The van der Waals surface area contributed by atoms with Gasteiger partial charge in [-0.1, -0.05) is 54.1 Å². The number of halogens is 1. The highest BCUT2D eigenvalue weighted by Crippen LogP contribution is 2.27. The minimum Gasteiger partial charge on any atom is -0.478 e. The van der Waals surface area contributed by atoms with Gasteiger partial charge in [0.05, 0.1) is 16.3 Å². The third kappa shape index (κ3) is 3.76. The monoisotopic (exact) mass is 365 g/mol. The molecule has 0 fully saturated rings. The van der Waals surface area contributed by atoms with E-state index in [2.05, 4.69) is 5.32 Å². The summed E-state index contributed by atoms with van der Waals surface area (Å²) in [7, 11) is 0. The lowest BCUT2D eigenvalue weighted by Gasteiger charge is -2.09. The molecular weight excluding hydrogens is 350 g/mol. The number of carboxylic acids is 1. The Kier molecular flexibility index (Phi) is 5.05. The maximum absolute atomic E-state index is 12.3. The summed E-state index contributed by atoms with van der Waals surface area (Å²) in [6.45, 7) is 1.83. The van der Waals surface area contributed by atoms with E-state index in [0.29, 0.717) is 0 Å². The maximum atomic E-state index is 12.3. The van der Waals surface area contributed by atoms with Crippen LogP contribution in [0.3, 0.4) is 0 Å². The molecule has 0 aliphatic carbocycles. The molecule has 0 aliphatic rings. The first-order valence-corrected chi connectivity index (χ1v) is 8.34. The van der Waals surface area contributed by atoms with Crippen LogP contribution in [0.15, 0.2) is 66.7 Å². The number of hydrogen-bond acceptors (Lipinski definition) is 2. The topological polar surface area (TPSA) is 66.4 Å². The van der Waals surface area contributed by atoms with Gasteiger partial charge in [-0.05, 0) is 47.0 Å². The fraction of sp³-hybridized carbons (Fsp3) is 0.0476. The number of amides is 1. The van der Waals surface area contributed by atoms with Crippen LogP contribution in [0.5, 0.6) is 0 Å². The molecule has 3 rings (SSSR count). The lowest BCUT2D eigenvalue weighted by molar-refractivity contribution is -0.111. The van der Waals surface area contributed by atoms with Crippen LogP contribution in [-0.2, 0) is 4.79 Å². The summed E-state index contributed by atoms with van der Waals surface area (Å²) in [6.07, 6.45) is 1.43. The van der Waals surface area contributed by atoms with Gasteiger partial charge in [0.2, 0.25) is 5.91 Å². The van der Waals surface area contributed by atoms with E-state index in [0.717, 1.165) is 21.9 Å². The second kappa shape index (κ2) is 7.42. The Hall–Kier alpha value is -3.11. The van der Waals surface area contributed by atoms with E-state index >= 15 is 0 Å². The van der Waals surface area contributed by atoms with Crippen LogP contribution >= 0.6 is 11.6 Å². The van der Waals surface area contributed by atoms with Gasteiger partial charge in [0.1, 0.15) is 0 Å². The minimum atomic E-state index is -1.15. The Morgan fingerprint density at radius 3 is 2.46 bits per heavy atom. The Morgan fingerprint density at radius 1 is 1.00 bits per heavy atom. The van der Waals surface area contributed by atoms with E-state index in [9.17, 15) is 14.7 Å². The van der Waals surface area contributed by atoms with Crippen LogP contribution < -0.4 is 5.32 Å². The maximum Gasteiger partial charge on any atom is 0.337 e. The van der Waals surface area contributed by atoms with E-state index in [1.165, 1.54) is 24.3 Å². The number of nitrogens with one attached hydrogen (secondary N) is 1. The second-order valence-corrected chi connectivity index (χ2v) is 6.25. The first-order valence-electron chi connectivity index (χ1n) is 7.96. The fourth-order valence-corrected chi connectivity index (χ4v) is 2.93. The zero-order valence-corrected chi connectivity index (χ0v) is 14.7. The number of hydrogen-bond donors (Lipinski definition) is 2.